The molecular formula is C12H13BrClNO5S. The maximum absolute atomic E-state index is 12.3. The largest absolute Gasteiger partial charge is 0.494 e. The van der Waals surface area contributed by atoms with Crippen LogP contribution < -0.4 is 9.46 Å². The highest BCUT2D eigenvalue weighted by atomic mass is 79.9. The van der Waals surface area contributed by atoms with Crippen LogP contribution in [0.1, 0.15) is 12.8 Å². The maximum Gasteiger partial charge on any atom is 0.310 e. The van der Waals surface area contributed by atoms with Crippen LogP contribution >= 0.6 is 27.5 Å². The number of carbonyl (C=O) groups is 1. The third kappa shape index (κ3) is 3.33. The molecule has 1 aliphatic rings. The predicted molar refractivity (Wildman–Crippen MR) is 80.2 cm³/mol. The van der Waals surface area contributed by atoms with E-state index in [2.05, 4.69) is 20.7 Å². The van der Waals surface area contributed by atoms with Crippen molar-refractivity contribution in [3.63, 3.8) is 0 Å². The van der Waals surface area contributed by atoms with Crippen LogP contribution in [0.3, 0.4) is 0 Å². The van der Waals surface area contributed by atoms with E-state index in [-0.39, 0.29) is 22.2 Å². The van der Waals surface area contributed by atoms with Gasteiger partial charge in [-0.3, -0.25) is 4.79 Å². The monoisotopic (exact) mass is 397 g/mol. The van der Waals surface area contributed by atoms with Gasteiger partial charge in [0.05, 0.1) is 17.0 Å². The fourth-order valence-electron chi connectivity index (χ4n) is 1.86. The summed E-state index contributed by atoms with van der Waals surface area (Å²) in [6, 6.07) is 2.77. The highest BCUT2D eigenvalue weighted by Gasteiger charge is 2.50. The van der Waals surface area contributed by atoms with Crippen molar-refractivity contribution in [2.45, 2.75) is 17.7 Å². The number of methoxy groups -OCH3 is 1. The molecule has 0 spiro atoms. The molecule has 2 N–H and O–H groups in total. The van der Waals surface area contributed by atoms with Gasteiger partial charge in [0.15, 0.2) is 5.75 Å². The van der Waals surface area contributed by atoms with Gasteiger partial charge in [0, 0.05) is 11.6 Å². The van der Waals surface area contributed by atoms with Gasteiger partial charge < -0.3 is 9.84 Å². The minimum Gasteiger partial charge on any atom is -0.494 e. The second-order valence-corrected chi connectivity index (χ2v) is 7.86. The second kappa shape index (κ2) is 5.75. The summed E-state index contributed by atoms with van der Waals surface area (Å²) in [7, 11) is -2.59. The number of carboxylic acids is 1. The summed E-state index contributed by atoms with van der Waals surface area (Å²) in [5.74, 6) is -0.878. The SMILES string of the molecule is COc1c(Br)cc(Cl)cc1S(=O)(=O)NCC1(C(=O)O)CC1. The van der Waals surface area contributed by atoms with Gasteiger partial charge in [-0.05, 0) is 40.9 Å². The van der Waals surface area contributed by atoms with E-state index in [9.17, 15) is 13.2 Å². The number of aliphatic carboxylic acids is 1. The normalized spacial score (nSPS) is 16.5. The number of sulfonamides is 1. The first-order valence-electron chi connectivity index (χ1n) is 5.98. The summed E-state index contributed by atoms with van der Waals surface area (Å²) in [5, 5.41) is 9.30. The van der Waals surface area contributed by atoms with E-state index in [0.29, 0.717) is 17.3 Å². The van der Waals surface area contributed by atoms with Crippen molar-refractivity contribution < 1.29 is 23.1 Å². The molecule has 116 valence electrons. The van der Waals surface area contributed by atoms with Crippen molar-refractivity contribution in [2.75, 3.05) is 13.7 Å². The highest BCUT2D eigenvalue weighted by Crippen LogP contribution is 2.45. The van der Waals surface area contributed by atoms with E-state index in [1.165, 1.54) is 19.2 Å². The van der Waals surface area contributed by atoms with Crippen LogP contribution in [0.5, 0.6) is 5.75 Å². The fraction of sp³-hybridized carbons (Fsp3) is 0.417. The first-order chi connectivity index (χ1) is 9.72. The second-order valence-electron chi connectivity index (χ2n) is 4.83. The number of ether oxygens (including phenoxy) is 1. The molecule has 1 aromatic carbocycles. The van der Waals surface area contributed by atoms with Gasteiger partial charge in [0.2, 0.25) is 10.0 Å². The summed E-state index contributed by atoms with van der Waals surface area (Å²) in [5.41, 5.74) is -0.990. The van der Waals surface area contributed by atoms with Gasteiger partial charge in [0.25, 0.3) is 0 Å². The van der Waals surface area contributed by atoms with Gasteiger partial charge in [-0.25, -0.2) is 13.1 Å². The molecular weight excluding hydrogens is 386 g/mol. The molecule has 9 heteroatoms. The molecule has 1 saturated carbocycles. The van der Waals surface area contributed by atoms with Gasteiger partial charge in [-0.15, -0.1) is 0 Å². The Bertz CT molecular complexity index is 687. The summed E-state index contributed by atoms with van der Waals surface area (Å²) >= 11 is 9.05. The van der Waals surface area contributed by atoms with Crippen molar-refractivity contribution in [2.24, 2.45) is 5.41 Å². The standard InChI is InChI=1S/C12H13BrClNO5S/c1-20-10-8(13)4-7(14)5-9(10)21(18,19)15-6-12(2-3-12)11(16)17/h4-5,15H,2-3,6H2,1H3,(H,16,17). The van der Waals surface area contributed by atoms with E-state index in [1.54, 1.807) is 0 Å². The zero-order chi connectivity index (χ0) is 15.8. The molecule has 21 heavy (non-hydrogen) atoms. The summed E-state index contributed by atoms with van der Waals surface area (Å²) in [6.45, 7) is -0.155. The van der Waals surface area contributed by atoms with Crippen molar-refractivity contribution in [3.05, 3.63) is 21.6 Å². The molecule has 0 heterocycles. The first-order valence-corrected chi connectivity index (χ1v) is 8.63. The Kier molecular flexibility index (Phi) is 4.53. The molecule has 1 aliphatic carbocycles. The number of rotatable bonds is 6. The van der Waals surface area contributed by atoms with Gasteiger partial charge in [-0.2, -0.15) is 0 Å². The molecule has 1 aromatic rings. The number of carboxylic acid groups (broad SMARTS) is 1. The lowest BCUT2D eigenvalue weighted by Crippen LogP contribution is -2.34. The number of hydrogen-bond acceptors (Lipinski definition) is 4. The quantitative estimate of drug-likeness (QED) is 0.767. The third-order valence-corrected chi connectivity index (χ3v) is 5.59. The van der Waals surface area contributed by atoms with Crippen LogP contribution in [0, 0.1) is 5.41 Å². The molecule has 0 unspecified atom stereocenters. The molecule has 0 aromatic heterocycles. The zero-order valence-corrected chi connectivity index (χ0v) is 14.2. The zero-order valence-electron chi connectivity index (χ0n) is 11.0. The summed E-state index contributed by atoms with van der Waals surface area (Å²) in [4.78, 5) is 10.9. The average Bonchev–Trinajstić information content (AvgIpc) is 3.17. The summed E-state index contributed by atoms with van der Waals surface area (Å²) in [6.07, 6.45) is 0.919. The Morgan fingerprint density at radius 1 is 1.52 bits per heavy atom. The minimum atomic E-state index is -3.93. The van der Waals surface area contributed by atoms with Crippen LogP contribution in [-0.4, -0.2) is 33.1 Å². The highest BCUT2D eigenvalue weighted by molar-refractivity contribution is 9.10. The van der Waals surface area contributed by atoms with E-state index in [0.717, 1.165) is 0 Å². The van der Waals surface area contributed by atoms with E-state index in [4.69, 9.17) is 21.4 Å². The number of nitrogens with one attached hydrogen (secondary N) is 1. The topological polar surface area (TPSA) is 92.7 Å². The van der Waals surface area contributed by atoms with Crippen LogP contribution in [0.15, 0.2) is 21.5 Å². The van der Waals surface area contributed by atoms with Crippen molar-refractivity contribution in [1.29, 1.82) is 0 Å². The van der Waals surface area contributed by atoms with Crippen molar-refractivity contribution in [3.8, 4) is 5.75 Å². The van der Waals surface area contributed by atoms with Crippen LogP contribution in [-0.2, 0) is 14.8 Å². The minimum absolute atomic E-state index is 0.118. The molecule has 0 bridgehead atoms. The van der Waals surface area contributed by atoms with Crippen LogP contribution in [0.4, 0.5) is 0 Å². The smallest absolute Gasteiger partial charge is 0.310 e. The third-order valence-electron chi connectivity index (χ3n) is 3.38. The van der Waals surface area contributed by atoms with E-state index in [1.807, 2.05) is 0 Å². The molecule has 2 rings (SSSR count). The van der Waals surface area contributed by atoms with Crippen molar-refractivity contribution >= 4 is 43.5 Å². The van der Waals surface area contributed by atoms with E-state index >= 15 is 0 Å². The number of hydrogen-bond donors (Lipinski definition) is 2. The Morgan fingerprint density at radius 3 is 2.62 bits per heavy atom. The lowest BCUT2D eigenvalue weighted by Gasteiger charge is -2.15. The molecule has 1 fully saturated rings. The Balaban J connectivity index is 2.30. The van der Waals surface area contributed by atoms with Gasteiger partial charge >= 0.3 is 5.97 Å². The fourth-order valence-corrected chi connectivity index (χ4v) is 4.37. The molecule has 0 radical (unpaired) electrons. The molecule has 0 aliphatic heterocycles. The Hall–Kier alpha value is -0.830. The Labute approximate surface area is 135 Å². The molecule has 6 nitrogen and oxygen atoms in total. The predicted octanol–water partition coefficient (Wildman–Crippen LogP) is 2.25. The van der Waals surface area contributed by atoms with Gasteiger partial charge in [0.1, 0.15) is 4.90 Å². The van der Waals surface area contributed by atoms with Gasteiger partial charge in [-0.1, -0.05) is 11.6 Å². The number of benzene rings is 1. The Morgan fingerprint density at radius 2 is 2.14 bits per heavy atom. The first kappa shape index (κ1) is 16.5. The van der Waals surface area contributed by atoms with Crippen LogP contribution in [0.25, 0.3) is 0 Å². The van der Waals surface area contributed by atoms with Crippen LogP contribution in [0.2, 0.25) is 5.02 Å². The molecule has 0 amide bonds. The molecule has 0 atom stereocenters. The number of halogens is 2. The van der Waals surface area contributed by atoms with Crippen molar-refractivity contribution in [1.82, 2.24) is 4.72 Å². The maximum atomic E-state index is 12.3. The summed E-state index contributed by atoms with van der Waals surface area (Å²) < 4.78 is 32.5. The average molecular weight is 399 g/mol. The lowest BCUT2D eigenvalue weighted by atomic mass is 10.1. The lowest BCUT2D eigenvalue weighted by molar-refractivity contribution is -0.143. The molecule has 0 saturated heterocycles. The van der Waals surface area contributed by atoms with E-state index < -0.39 is 21.4 Å².